The van der Waals surface area contributed by atoms with E-state index < -0.39 is 0 Å². The van der Waals surface area contributed by atoms with Crippen molar-refractivity contribution in [3.8, 4) is 11.8 Å². The quantitative estimate of drug-likeness (QED) is 0.467. The number of amides is 2. The Bertz CT molecular complexity index is 269. The van der Waals surface area contributed by atoms with Crippen LogP contribution in [-0.2, 0) is 9.59 Å². The van der Waals surface area contributed by atoms with Crippen LogP contribution in [0.1, 0.15) is 33.1 Å². The van der Waals surface area contributed by atoms with Gasteiger partial charge in [0, 0.05) is 25.3 Å². The summed E-state index contributed by atoms with van der Waals surface area (Å²) in [7, 11) is 0. The van der Waals surface area contributed by atoms with Crippen molar-refractivity contribution < 1.29 is 9.59 Å². The van der Waals surface area contributed by atoms with Crippen molar-refractivity contribution in [3.05, 3.63) is 0 Å². The largest absolute Gasteiger partial charge is 0.279 e. The molecule has 0 saturated carbocycles. The first-order chi connectivity index (χ1) is 6.16. The standard InChI is InChI=1S/C10H13NO2/c1-3-4-5-8(2)11-9(12)6-7-10(11)13/h8H,5-7H2,1-2H3. The van der Waals surface area contributed by atoms with Gasteiger partial charge in [0.25, 0.3) is 0 Å². The zero-order valence-corrected chi connectivity index (χ0v) is 7.96. The summed E-state index contributed by atoms with van der Waals surface area (Å²) in [5.41, 5.74) is 0. The molecule has 3 heteroatoms. The molecule has 3 nitrogen and oxygen atoms in total. The molecule has 0 aromatic carbocycles. The highest BCUT2D eigenvalue weighted by molar-refractivity contribution is 6.02. The van der Waals surface area contributed by atoms with E-state index in [-0.39, 0.29) is 17.9 Å². The Kier molecular flexibility index (Phi) is 3.07. The predicted molar refractivity (Wildman–Crippen MR) is 48.6 cm³/mol. The molecule has 70 valence electrons. The highest BCUT2D eigenvalue weighted by Crippen LogP contribution is 2.16. The Labute approximate surface area is 78.1 Å². The van der Waals surface area contributed by atoms with Gasteiger partial charge in [-0.25, -0.2) is 0 Å². The summed E-state index contributed by atoms with van der Waals surface area (Å²) in [5.74, 6) is 5.50. The smallest absolute Gasteiger partial charge is 0.229 e. The first-order valence-electron chi connectivity index (χ1n) is 4.41. The molecule has 1 aliphatic rings. The topological polar surface area (TPSA) is 37.4 Å². The number of carbonyl (C=O) groups excluding carboxylic acids is 2. The Hall–Kier alpha value is -1.30. The lowest BCUT2D eigenvalue weighted by molar-refractivity contribution is -0.140. The van der Waals surface area contributed by atoms with Crippen molar-refractivity contribution in [1.29, 1.82) is 0 Å². The number of hydrogen-bond acceptors (Lipinski definition) is 2. The van der Waals surface area contributed by atoms with Gasteiger partial charge in [0.15, 0.2) is 0 Å². The van der Waals surface area contributed by atoms with Gasteiger partial charge in [0.05, 0.1) is 0 Å². The number of hydrogen-bond donors (Lipinski definition) is 0. The van der Waals surface area contributed by atoms with Crippen molar-refractivity contribution in [1.82, 2.24) is 4.90 Å². The first-order valence-corrected chi connectivity index (χ1v) is 4.41. The first kappa shape index (κ1) is 9.79. The average Bonchev–Trinajstić information content (AvgIpc) is 2.42. The number of rotatable bonds is 2. The van der Waals surface area contributed by atoms with Crippen molar-refractivity contribution >= 4 is 11.8 Å². The van der Waals surface area contributed by atoms with E-state index >= 15 is 0 Å². The molecule has 1 atom stereocenters. The molecule has 1 aliphatic heterocycles. The third-order valence-corrected chi connectivity index (χ3v) is 2.11. The third-order valence-electron chi connectivity index (χ3n) is 2.11. The Morgan fingerprint density at radius 2 is 1.92 bits per heavy atom. The second-order valence-corrected chi connectivity index (χ2v) is 3.14. The maximum absolute atomic E-state index is 11.2. The molecule has 1 fully saturated rings. The van der Waals surface area contributed by atoms with Crippen molar-refractivity contribution in [3.63, 3.8) is 0 Å². The van der Waals surface area contributed by atoms with Crippen LogP contribution in [0.5, 0.6) is 0 Å². The second-order valence-electron chi connectivity index (χ2n) is 3.14. The van der Waals surface area contributed by atoms with Gasteiger partial charge in [-0.1, -0.05) is 0 Å². The SMILES string of the molecule is CC#CCC(C)N1C(=O)CCC1=O. The van der Waals surface area contributed by atoms with Crippen molar-refractivity contribution in [2.24, 2.45) is 0 Å². The van der Waals surface area contributed by atoms with E-state index in [1.54, 1.807) is 6.92 Å². The van der Waals surface area contributed by atoms with Crippen LogP contribution >= 0.6 is 0 Å². The molecule has 0 aromatic rings. The van der Waals surface area contributed by atoms with Crippen molar-refractivity contribution in [2.45, 2.75) is 39.2 Å². The van der Waals surface area contributed by atoms with E-state index in [0.29, 0.717) is 19.3 Å². The van der Waals surface area contributed by atoms with Crippen LogP contribution in [0.4, 0.5) is 0 Å². The predicted octanol–water partition coefficient (Wildman–Crippen LogP) is 0.937. The van der Waals surface area contributed by atoms with Gasteiger partial charge in [0.1, 0.15) is 0 Å². The molecule has 13 heavy (non-hydrogen) atoms. The molecule has 2 amide bonds. The number of likely N-dealkylation sites (tertiary alicyclic amines) is 1. The van der Waals surface area contributed by atoms with Crippen LogP contribution < -0.4 is 0 Å². The van der Waals surface area contributed by atoms with E-state index in [4.69, 9.17) is 0 Å². The Balaban J connectivity index is 2.62. The van der Waals surface area contributed by atoms with Crippen LogP contribution in [0.15, 0.2) is 0 Å². The molecule has 1 rings (SSSR count). The highest BCUT2D eigenvalue weighted by atomic mass is 16.2. The lowest BCUT2D eigenvalue weighted by atomic mass is 10.2. The zero-order valence-electron chi connectivity index (χ0n) is 7.96. The van der Waals surface area contributed by atoms with Gasteiger partial charge < -0.3 is 0 Å². The molecule has 1 heterocycles. The summed E-state index contributed by atoms with van der Waals surface area (Å²) in [5, 5.41) is 0. The molecule has 0 bridgehead atoms. The summed E-state index contributed by atoms with van der Waals surface area (Å²) >= 11 is 0. The number of carbonyl (C=O) groups is 2. The number of nitrogens with zero attached hydrogens (tertiary/aromatic N) is 1. The molecular formula is C10H13NO2. The molecule has 0 aliphatic carbocycles. The van der Waals surface area contributed by atoms with E-state index in [2.05, 4.69) is 11.8 Å². The van der Waals surface area contributed by atoms with E-state index in [1.807, 2.05) is 6.92 Å². The van der Waals surface area contributed by atoms with Crippen LogP contribution in [0.2, 0.25) is 0 Å². The second kappa shape index (κ2) is 4.08. The summed E-state index contributed by atoms with van der Waals surface area (Å²) < 4.78 is 0. The van der Waals surface area contributed by atoms with Crippen LogP contribution in [0.25, 0.3) is 0 Å². The van der Waals surface area contributed by atoms with Crippen molar-refractivity contribution in [2.75, 3.05) is 0 Å². The van der Waals surface area contributed by atoms with Gasteiger partial charge in [-0.15, -0.1) is 11.8 Å². The van der Waals surface area contributed by atoms with Gasteiger partial charge in [-0.3, -0.25) is 14.5 Å². The molecular weight excluding hydrogens is 166 g/mol. The van der Waals surface area contributed by atoms with E-state index in [0.717, 1.165) is 0 Å². The maximum atomic E-state index is 11.2. The fourth-order valence-corrected chi connectivity index (χ4v) is 1.43. The molecule has 0 spiro atoms. The Morgan fingerprint density at radius 3 is 2.38 bits per heavy atom. The minimum Gasteiger partial charge on any atom is -0.279 e. The third kappa shape index (κ3) is 2.09. The summed E-state index contributed by atoms with van der Waals surface area (Å²) in [6, 6.07) is -0.0741. The molecule has 0 N–H and O–H groups in total. The molecule has 0 radical (unpaired) electrons. The summed E-state index contributed by atoms with van der Waals surface area (Å²) in [6.07, 6.45) is 1.30. The monoisotopic (exact) mass is 179 g/mol. The van der Waals surface area contributed by atoms with Crippen LogP contribution in [-0.4, -0.2) is 22.8 Å². The van der Waals surface area contributed by atoms with Crippen LogP contribution in [0, 0.1) is 11.8 Å². The summed E-state index contributed by atoms with van der Waals surface area (Å²) in [6.45, 7) is 3.60. The fraction of sp³-hybridized carbons (Fsp3) is 0.600. The average molecular weight is 179 g/mol. The fourth-order valence-electron chi connectivity index (χ4n) is 1.43. The van der Waals surface area contributed by atoms with Gasteiger partial charge >= 0.3 is 0 Å². The van der Waals surface area contributed by atoms with Gasteiger partial charge in [-0.05, 0) is 13.8 Å². The highest BCUT2D eigenvalue weighted by Gasteiger charge is 2.32. The maximum Gasteiger partial charge on any atom is 0.229 e. The van der Waals surface area contributed by atoms with Crippen LogP contribution in [0.3, 0.4) is 0 Å². The van der Waals surface area contributed by atoms with E-state index in [1.165, 1.54) is 4.90 Å². The minimum atomic E-state index is -0.0741. The number of imide groups is 1. The lowest BCUT2D eigenvalue weighted by Gasteiger charge is -2.20. The van der Waals surface area contributed by atoms with Gasteiger partial charge in [0.2, 0.25) is 11.8 Å². The lowest BCUT2D eigenvalue weighted by Crippen LogP contribution is -2.37. The normalized spacial score (nSPS) is 18.5. The summed E-state index contributed by atoms with van der Waals surface area (Å²) in [4.78, 5) is 23.8. The molecule has 0 aromatic heterocycles. The minimum absolute atomic E-state index is 0.0598. The van der Waals surface area contributed by atoms with E-state index in [9.17, 15) is 9.59 Å². The van der Waals surface area contributed by atoms with Gasteiger partial charge in [-0.2, -0.15) is 0 Å². The molecule has 1 saturated heterocycles. The molecule has 1 unspecified atom stereocenters. The Morgan fingerprint density at radius 1 is 1.38 bits per heavy atom. The zero-order chi connectivity index (χ0) is 9.84.